The topological polar surface area (TPSA) is 75.8 Å². The normalized spacial score (nSPS) is 18.0. The summed E-state index contributed by atoms with van der Waals surface area (Å²) in [6.45, 7) is 8.46. The number of hydrogen-bond donors (Lipinski definition) is 2. The zero-order chi connectivity index (χ0) is 20.1. The number of carbonyl (C=O) groups is 1. The van der Waals surface area contributed by atoms with Crippen LogP contribution in [0.15, 0.2) is 24.3 Å². The average Bonchev–Trinajstić information content (AvgIpc) is 2.55. The van der Waals surface area contributed by atoms with Crippen LogP contribution >= 0.6 is 0 Å². The number of nitrogens with two attached hydrogens (primary N) is 1. The van der Waals surface area contributed by atoms with Gasteiger partial charge in [0.15, 0.2) is 0 Å². The number of likely N-dealkylation sites (tertiary alicyclic amines) is 1. The van der Waals surface area contributed by atoms with E-state index in [4.69, 9.17) is 10.5 Å². The Bertz CT molecular complexity index is 618. The van der Waals surface area contributed by atoms with E-state index in [0.29, 0.717) is 12.3 Å². The molecule has 152 valence electrons. The summed E-state index contributed by atoms with van der Waals surface area (Å²) in [5, 5.41) is 9.80. The Hall–Kier alpha value is -1.59. The second-order valence-corrected chi connectivity index (χ2v) is 8.98. The lowest BCUT2D eigenvalue weighted by atomic mass is 9.74. The van der Waals surface area contributed by atoms with Crippen LogP contribution in [0.5, 0.6) is 5.75 Å². The fourth-order valence-electron chi connectivity index (χ4n) is 3.93. The summed E-state index contributed by atoms with van der Waals surface area (Å²) in [7, 11) is 1.65. The summed E-state index contributed by atoms with van der Waals surface area (Å²) in [5.41, 5.74) is 5.81. The first-order valence-corrected chi connectivity index (χ1v) is 10.0. The predicted molar refractivity (Wildman–Crippen MR) is 109 cm³/mol. The van der Waals surface area contributed by atoms with Crippen molar-refractivity contribution in [3.8, 4) is 5.75 Å². The van der Waals surface area contributed by atoms with Gasteiger partial charge in [0.25, 0.3) is 0 Å². The van der Waals surface area contributed by atoms with Crippen LogP contribution in [0.4, 0.5) is 0 Å². The van der Waals surface area contributed by atoms with Crippen LogP contribution in [0.2, 0.25) is 0 Å². The Morgan fingerprint density at radius 2 is 2.07 bits per heavy atom. The monoisotopic (exact) mass is 376 g/mol. The van der Waals surface area contributed by atoms with Gasteiger partial charge in [0.05, 0.1) is 18.1 Å². The number of rotatable bonds is 11. The minimum atomic E-state index is -0.571. The van der Waals surface area contributed by atoms with Crippen molar-refractivity contribution in [1.29, 1.82) is 0 Å². The molecule has 1 saturated heterocycles. The van der Waals surface area contributed by atoms with E-state index in [-0.39, 0.29) is 5.91 Å². The number of primary amides is 1. The van der Waals surface area contributed by atoms with E-state index in [0.717, 1.165) is 56.6 Å². The quantitative estimate of drug-likeness (QED) is 0.622. The summed E-state index contributed by atoms with van der Waals surface area (Å²) in [6, 6.07) is 7.88. The molecule has 0 aliphatic carbocycles. The molecule has 3 N–H and O–H groups in total. The van der Waals surface area contributed by atoms with E-state index in [1.807, 2.05) is 38.1 Å². The molecular formula is C22H36N2O3. The largest absolute Gasteiger partial charge is 0.497 e. The highest BCUT2D eigenvalue weighted by atomic mass is 16.5. The van der Waals surface area contributed by atoms with Gasteiger partial charge >= 0.3 is 0 Å². The molecule has 1 aromatic rings. The minimum Gasteiger partial charge on any atom is -0.497 e. The van der Waals surface area contributed by atoms with Crippen LogP contribution < -0.4 is 10.5 Å². The van der Waals surface area contributed by atoms with Gasteiger partial charge in [0.2, 0.25) is 5.91 Å². The molecule has 1 aliphatic heterocycles. The van der Waals surface area contributed by atoms with Crippen molar-refractivity contribution in [3.05, 3.63) is 29.8 Å². The summed E-state index contributed by atoms with van der Waals surface area (Å²) < 4.78 is 5.28. The van der Waals surface area contributed by atoms with E-state index in [1.54, 1.807) is 7.11 Å². The molecule has 5 heteroatoms. The molecule has 1 amide bonds. The van der Waals surface area contributed by atoms with Crippen molar-refractivity contribution >= 4 is 5.91 Å². The molecule has 1 aliphatic rings. The molecule has 0 bridgehead atoms. The van der Waals surface area contributed by atoms with Gasteiger partial charge in [-0.2, -0.15) is 0 Å². The minimum absolute atomic E-state index is 0.209. The number of hydrogen-bond acceptors (Lipinski definition) is 4. The van der Waals surface area contributed by atoms with Gasteiger partial charge in [-0.05, 0) is 63.3 Å². The van der Waals surface area contributed by atoms with Crippen molar-refractivity contribution in [1.82, 2.24) is 4.90 Å². The third-order valence-electron chi connectivity index (χ3n) is 5.68. The second-order valence-electron chi connectivity index (χ2n) is 8.98. The first kappa shape index (κ1) is 21.7. The number of ether oxygens (including phenoxy) is 1. The van der Waals surface area contributed by atoms with Crippen LogP contribution in [0.25, 0.3) is 0 Å². The molecule has 2 rings (SSSR count). The van der Waals surface area contributed by atoms with Crippen molar-refractivity contribution in [2.75, 3.05) is 26.7 Å². The van der Waals surface area contributed by atoms with E-state index < -0.39 is 11.0 Å². The lowest BCUT2D eigenvalue weighted by molar-refractivity contribution is -0.138. The lowest BCUT2D eigenvalue weighted by Gasteiger charge is -2.48. The molecule has 1 aromatic carbocycles. The van der Waals surface area contributed by atoms with Crippen LogP contribution in [0.3, 0.4) is 0 Å². The maximum Gasteiger partial charge on any atom is 0.226 e. The average molecular weight is 377 g/mol. The number of benzene rings is 1. The van der Waals surface area contributed by atoms with Crippen LogP contribution in [-0.2, 0) is 11.2 Å². The van der Waals surface area contributed by atoms with Gasteiger partial charge in [0.1, 0.15) is 5.75 Å². The van der Waals surface area contributed by atoms with E-state index in [9.17, 15) is 9.90 Å². The number of aliphatic hydroxyl groups is 1. The van der Waals surface area contributed by atoms with Gasteiger partial charge in [-0.25, -0.2) is 0 Å². The molecule has 1 fully saturated rings. The van der Waals surface area contributed by atoms with Crippen molar-refractivity contribution in [3.63, 3.8) is 0 Å². The highest BCUT2D eigenvalue weighted by molar-refractivity contribution is 5.83. The Balaban J connectivity index is 1.79. The summed E-state index contributed by atoms with van der Waals surface area (Å²) >= 11 is 0. The Morgan fingerprint density at radius 1 is 1.37 bits per heavy atom. The number of methoxy groups -OCH3 is 1. The first-order chi connectivity index (χ1) is 12.6. The fraction of sp³-hybridized carbons (Fsp3) is 0.682. The second kappa shape index (κ2) is 9.07. The zero-order valence-corrected chi connectivity index (χ0v) is 17.3. The lowest BCUT2D eigenvalue weighted by Crippen LogP contribution is -2.63. The number of amides is 1. The van der Waals surface area contributed by atoms with E-state index in [1.165, 1.54) is 0 Å². The van der Waals surface area contributed by atoms with Crippen LogP contribution in [-0.4, -0.2) is 48.3 Å². The van der Waals surface area contributed by atoms with Gasteiger partial charge in [-0.15, -0.1) is 0 Å². The third kappa shape index (κ3) is 6.51. The Kier molecular flexibility index (Phi) is 7.29. The van der Waals surface area contributed by atoms with Crippen LogP contribution in [0, 0.1) is 11.3 Å². The predicted octanol–water partition coefficient (Wildman–Crippen LogP) is 2.99. The molecular weight excluding hydrogens is 340 g/mol. The van der Waals surface area contributed by atoms with Crippen molar-refractivity contribution in [2.24, 2.45) is 17.1 Å². The van der Waals surface area contributed by atoms with E-state index >= 15 is 0 Å². The van der Waals surface area contributed by atoms with Gasteiger partial charge in [0, 0.05) is 13.1 Å². The highest BCUT2D eigenvalue weighted by Gasteiger charge is 2.47. The third-order valence-corrected chi connectivity index (χ3v) is 5.68. The maximum absolute atomic E-state index is 12.1. The molecule has 0 saturated carbocycles. The molecule has 0 aromatic heterocycles. The number of carbonyl (C=O) groups excluding carboxylic acids is 1. The summed E-state index contributed by atoms with van der Waals surface area (Å²) in [5.74, 6) is 1.22. The van der Waals surface area contributed by atoms with E-state index in [2.05, 4.69) is 11.8 Å². The van der Waals surface area contributed by atoms with Gasteiger partial charge in [-0.1, -0.05) is 31.9 Å². The van der Waals surface area contributed by atoms with Crippen molar-refractivity contribution < 1.29 is 14.6 Å². The molecule has 27 heavy (non-hydrogen) atoms. The molecule has 1 heterocycles. The standard InChI is InChI=1S/C22H36N2O3/c1-17(7-6-11-21(2,3)26)10-12-24-15-22(16-24,20(23)25)14-18-8-5-9-19(13-18)27-4/h5,8-9,13,17,26H,6-7,10-12,14-16H2,1-4H3,(H2,23,25). The summed E-state index contributed by atoms with van der Waals surface area (Å²) in [4.78, 5) is 14.5. The SMILES string of the molecule is COc1cccc(CC2(C(N)=O)CN(CCC(C)CCCC(C)(C)O)C2)c1. The molecule has 0 radical (unpaired) electrons. The number of nitrogens with zero attached hydrogens (tertiary/aromatic N) is 1. The first-order valence-electron chi connectivity index (χ1n) is 10.0. The Morgan fingerprint density at radius 3 is 2.67 bits per heavy atom. The maximum atomic E-state index is 12.1. The highest BCUT2D eigenvalue weighted by Crippen LogP contribution is 2.35. The molecule has 0 spiro atoms. The fourth-order valence-corrected chi connectivity index (χ4v) is 3.93. The Labute approximate surface area is 163 Å². The molecule has 1 unspecified atom stereocenters. The van der Waals surface area contributed by atoms with Crippen LogP contribution in [0.1, 0.15) is 52.0 Å². The molecule has 1 atom stereocenters. The van der Waals surface area contributed by atoms with Gasteiger partial charge < -0.3 is 20.5 Å². The van der Waals surface area contributed by atoms with Gasteiger partial charge in [-0.3, -0.25) is 4.79 Å². The zero-order valence-electron chi connectivity index (χ0n) is 17.3. The smallest absolute Gasteiger partial charge is 0.226 e. The summed E-state index contributed by atoms with van der Waals surface area (Å²) in [6.07, 6.45) is 4.79. The molecule has 5 nitrogen and oxygen atoms in total. The van der Waals surface area contributed by atoms with Crippen molar-refractivity contribution in [2.45, 2.75) is 58.5 Å².